The summed E-state index contributed by atoms with van der Waals surface area (Å²) in [7, 11) is 0. The molecule has 108 valence electrons. The van der Waals surface area contributed by atoms with Gasteiger partial charge in [0.25, 0.3) is 0 Å². The molecule has 1 aliphatic rings. The van der Waals surface area contributed by atoms with Crippen LogP contribution in [0.1, 0.15) is 31.2 Å². The van der Waals surface area contributed by atoms with E-state index in [0.717, 1.165) is 39.3 Å². The highest BCUT2D eigenvalue weighted by atomic mass is 32.1. The van der Waals surface area contributed by atoms with Crippen LogP contribution in [-0.2, 0) is 12.0 Å². The second-order valence-corrected chi connectivity index (χ2v) is 7.39. The van der Waals surface area contributed by atoms with Crippen molar-refractivity contribution >= 4 is 11.3 Å². The molecule has 0 saturated carbocycles. The maximum atomic E-state index is 8.94. The molecule has 2 rings (SSSR count). The van der Waals surface area contributed by atoms with Crippen molar-refractivity contribution in [1.29, 1.82) is 0 Å². The quantitative estimate of drug-likeness (QED) is 0.917. The Morgan fingerprint density at radius 3 is 2.32 bits per heavy atom. The van der Waals surface area contributed by atoms with E-state index in [4.69, 9.17) is 5.11 Å². The summed E-state index contributed by atoms with van der Waals surface area (Å²) in [6, 6.07) is 2.37. The van der Waals surface area contributed by atoms with E-state index in [0.29, 0.717) is 0 Å². The minimum atomic E-state index is 0.259. The van der Waals surface area contributed by atoms with Crippen molar-refractivity contribution < 1.29 is 5.11 Å². The van der Waals surface area contributed by atoms with E-state index in [9.17, 15) is 0 Å². The number of aliphatic hydroxyl groups excluding tert-OH is 1. The van der Waals surface area contributed by atoms with E-state index in [1.807, 2.05) is 11.3 Å². The average molecular weight is 282 g/mol. The molecule has 0 aliphatic carbocycles. The number of hydrogen-bond acceptors (Lipinski definition) is 4. The number of thiophene rings is 1. The molecule has 1 fully saturated rings. The Labute approximate surface area is 120 Å². The van der Waals surface area contributed by atoms with Crippen molar-refractivity contribution in [3.63, 3.8) is 0 Å². The van der Waals surface area contributed by atoms with E-state index >= 15 is 0 Å². The van der Waals surface area contributed by atoms with E-state index in [-0.39, 0.29) is 12.0 Å². The molecular formula is C15H26N2OS. The van der Waals surface area contributed by atoms with Crippen LogP contribution in [0, 0.1) is 0 Å². The van der Waals surface area contributed by atoms with Gasteiger partial charge in [0.1, 0.15) is 0 Å². The third-order valence-corrected chi connectivity index (χ3v) is 4.70. The first-order valence-electron chi connectivity index (χ1n) is 7.12. The topological polar surface area (TPSA) is 26.7 Å². The van der Waals surface area contributed by atoms with Gasteiger partial charge in [-0.3, -0.25) is 9.80 Å². The lowest BCUT2D eigenvalue weighted by molar-refractivity contribution is 0.109. The molecule has 0 amide bonds. The van der Waals surface area contributed by atoms with Crippen molar-refractivity contribution in [3.05, 3.63) is 21.9 Å². The zero-order valence-corrected chi connectivity index (χ0v) is 13.2. The third-order valence-electron chi connectivity index (χ3n) is 3.78. The van der Waals surface area contributed by atoms with E-state index in [2.05, 4.69) is 42.0 Å². The SMILES string of the molecule is CC(C)(C)c1csc(CN2CCN(CCO)CC2)c1. The first kappa shape index (κ1) is 15.0. The number of piperazine rings is 1. The molecule has 1 aromatic heterocycles. The van der Waals surface area contributed by atoms with Crippen LogP contribution in [0.2, 0.25) is 0 Å². The Morgan fingerprint density at radius 2 is 1.79 bits per heavy atom. The highest BCUT2D eigenvalue weighted by Gasteiger charge is 2.19. The lowest BCUT2D eigenvalue weighted by Crippen LogP contribution is -2.46. The maximum absolute atomic E-state index is 8.94. The second-order valence-electron chi connectivity index (χ2n) is 6.39. The van der Waals surface area contributed by atoms with Gasteiger partial charge in [-0.05, 0) is 22.4 Å². The van der Waals surface area contributed by atoms with Gasteiger partial charge in [-0.25, -0.2) is 0 Å². The summed E-state index contributed by atoms with van der Waals surface area (Å²) in [4.78, 5) is 6.33. The monoisotopic (exact) mass is 282 g/mol. The van der Waals surface area contributed by atoms with Crippen LogP contribution in [0.4, 0.5) is 0 Å². The van der Waals surface area contributed by atoms with Gasteiger partial charge >= 0.3 is 0 Å². The molecule has 0 aromatic carbocycles. The molecule has 1 aliphatic heterocycles. The maximum Gasteiger partial charge on any atom is 0.0558 e. The van der Waals surface area contributed by atoms with Crippen LogP contribution in [0.5, 0.6) is 0 Å². The van der Waals surface area contributed by atoms with Gasteiger partial charge in [-0.1, -0.05) is 20.8 Å². The van der Waals surface area contributed by atoms with Gasteiger partial charge in [0.2, 0.25) is 0 Å². The Hall–Kier alpha value is -0.420. The zero-order valence-electron chi connectivity index (χ0n) is 12.4. The summed E-state index contributed by atoms with van der Waals surface area (Å²) in [5.74, 6) is 0. The summed E-state index contributed by atoms with van der Waals surface area (Å²) < 4.78 is 0. The van der Waals surface area contributed by atoms with Crippen LogP contribution in [0.3, 0.4) is 0 Å². The number of β-amino-alcohol motifs (C(OH)–C–C–N with tert-alkyl or cyclic N) is 1. The molecule has 0 atom stereocenters. The Balaban J connectivity index is 1.84. The van der Waals surface area contributed by atoms with Crippen LogP contribution < -0.4 is 0 Å². The smallest absolute Gasteiger partial charge is 0.0558 e. The van der Waals surface area contributed by atoms with Crippen LogP contribution in [-0.4, -0.2) is 54.2 Å². The fourth-order valence-electron chi connectivity index (χ4n) is 2.39. The van der Waals surface area contributed by atoms with Crippen molar-refractivity contribution in [2.75, 3.05) is 39.3 Å². The van der Waals surface area contributed by atoms with E-state index in [1.54, 1.807) is 0 Å². The normalized spacial score (nSPS) is 18.9. The van der Waals surface area contributed by atoms with Gasteiger partial charge in [-0.2, -0.15) is 0 Å². The Morgan fingerprint density at radius 1 is 1.16 bits per heavy atom. The molecule has 2 heterocycles. The molecule has 0 unspecified atom stereocenters. The second kappa shape index (κ2) is 6.35. The summed E-state index contributed by atoms with van der Waals surface area (Å²) in [6.07, 6.45) is 0. The van der Waals surface area contributed by atoms with Crippen molar-refractivity contribution in [3.8, 4) is 0 Å². The number of hydrogen-bond donors (Lipinski definition) is 1. The standard InChI is InChI=1S/C15H26N2OS/c1-15(2,3)13-10-14(19-12-13)11-17-6-4-16(5-7-17)8-9-18/h10,12,18H,4-9,11H2,1-3H3. The van der Waals surface area contributed by atoms with Crippen LogP contribution in [0.25, 0.3) is 0 Å². The lowest BCUT2D eigenvalue weighted by Gasteiger charge is -2.34. The molecular weight excluding hydrogens is 256 g/mol. The van der Waals surface area contributed by atoms with Crippen LogP contribution in [0.15, 0.2) is 11.4 Å². The van der Waals surface area contributed by atoms with Gasteiger partial charge < -0.3 is 5.11 Å². The number of aliphatic hydroxyl groups is 1. The minimum absolute atomic E-state index is 0.259. The van der Waals surface area contributed by atoms with E-state index in [1.165, 1.54) is 10.4 Å². The highest BCUT2D eigenvalue weighted by molar-refractivity contribution is 7.10. The van der Waals surface area contributed by atoms with Gasteiger partial charge in [0, 0.05) is 44.1 Å². The average Bonchev–Trinajstić information content (AvgIpc) is 2.80. The number of nitrogens with zero attached hydrogens (tertiary/aromatic N) is 2. The third kappa shape index (κ3) is 4.28. The van der Waals surface area contributed by atoms with Crippen molar-refractivity contribution in [2.24, 2.45) is 0 Å². The summed E-state index contributed by atoms with van der Waals surface area (Å²) in [6.45, 7) is 13.4. The van der Waals surface area contributed by atoms with Gasteiger partial charge in [0.05, 0.1) is 6.61 Å². The van der Waals surface area contributed by atoms with E-state index < -0.39 is 0 Å². The molecule has 4 heteroatoms. The first-order valence-corrected chi connectivity index (χ1v) is 8.00. The fraction of sp³-hybridized carbons (Fsp3) is 0.733. The summed E-state index contributed by atoms with van der Waals surface area (Å²) >= 11 is 1.89. The molecule has 0 spiro atoms. The minimum Gasteiger partial charge on any atom is -0.395 e. The largest absolute Gasteiger partial charge is 0.395 e. The molecule has 1 aromatic rings. The van der Waals surface area contributed by atoms with Crippen molar-refractivity contribution in [2.45, 2.75) is 32.7 Å². The highest BCUT2D eigenvalue weighted by Crippen LogP contribution is 2.28. The van der Waals surface area contributed by atoms with Crippen LogP contribution >= 0.6 is 11.3 Å². The lowest BCUT2D eigenvalue weighted by atomic mass is 9.89. The van der Waals surface area contributed by atoms with Crippen molar-refractivity contribution in [1.82, 2.24) is 9.80 Å². The molecule has 0 radical (unpaired) electrons. The molecule has 1 N–H and O–H groups in total. The van der Waals surface area contributed by atoms with Gasteiger partial charge in [-0.15, -0.1) is 11.3 Å². The zero-order chi connectivity index (χ0) is 13.9. The summed E-state index contributed by atoms with van der Waals surface area (Å²) in [5.41, 5.74) is 1.71. The first-order chi connectivity index (χ1) is 8.99. The van der Waals surface area contributed by atoms with Gasteiger partial charge in [0.15, 0.2) is 0 Å². The molecule has 3 nitrogen and oxygen atoms in total. The molecule has 19 heavy (non-hydrogen) atoms. The summed E-state index contributed by atoms with van der Waals surface area (Å²) in [5, 5.41) is 11.2. The molecule has 1 saturated heterocycles. The molecule has 0 bridgehead atoms. The Kier molecular flexibility index (Phi) is 5.01. The fourth-order valence-corrected chi connectivity index (χ4v) is 3.54. The Bertz CT molecular complexity index is 389. The predicted molar refractivity (Wildman–Crippen MR) is 81.8 cm³/mol. The predicted octanol–water partition coefficient (Wildman–Crippen LogP) is 2.16. The number of rotatable bonds is 4.